The highest BCUT2D eigenvalue weighted by Crippen LogP contribution is 2.35. The van der Waals surface area contributed by atoms with E-state index in [1.807, 2.05) is 13.0 Å². The third-order valence-electron chi connectivity index (χ3n) is 5.53. The quantitative estimate of drug-likeness (QED) is 0.725. The molecule has 3 heterocycles. The van der Waals surface area contributed by atoms with Crippen LogP contribution in [0.25, 0.3) is 0 Å². The standard InChI is InChI=1S/C22H26FN3O2S/c1-3-29-22-20(21(27)24-11-15-5-4-6-16(23)10-15)14(2)9-19(25-22)26-17-7-8-18(26)13-28-12-17/h4-6,9-10,17-18H,3,7-8,11-13H2,1-2H3,(H,24,27). The van der Waals surface area contributed by atoms with Crippen molar-refractivity contribution in [3.8, 4) is 0 Å². The average molecular weight is 416 g/mol. The van der Waals surface area contributed by atoms with Crippen molar-refractivity contribution >= 4 is 23.5 Å². The van der Waals surface area contributed by atoms with Crippen LogP contribution >= 0.6 is 11.8 Å². The summed E-state index contributed by atoms with van der Waals surface area (Å²) < 4.78 is 19.1. The first-order valence-electron chi connectivity index (χ1n) is 10.1. The van der Waals surface area contributed by atoms with Gasteiger partial charge >= 0.3 is 0 Å². The molecule has 2 aliphatic rings. The Kier molecular flexibility index (Phi) is 6.06. The monoisotopic (exact) mass is 415 g/mol. The van der Waals surface area contributed by atoms with Gasteiger partial charge in [0.25, 0.3) is 5.91 Å². The number of halogens is 1. The van der Waals surface area contributed by atoms with Crippen molar-refractivity contribution in [2.24, 2.45) is 0 Å². The zero-order chi connectivity index (χ0) is 20.4. The molecular formula is C22H26FN3O2S. The number of carbonyl (C=O) groups is 1. The van der Waals surface area contributed by atoms with Gasteiger partial charge in [-0.05, 0) is 54.8 Å². The Labute approximate surface area is 175 Å². The minimum absolute atomic E-state index is 0.174. The van der Waals surface area contributed by atoms with E-state index in [4.69, 9.17) is 9.72 Å². The van der Waals surface area contributed by atoms with Gasteiger partial charge in [-0.15, -0.1) is 11.8 Å². The van der Waals surface area contributed by atoms with Crippen LogP contribution < -0.4 is 10.2 Å². The molecule has 2 unspecified atom stereocenters. The fraction of sp³-hybridized carbons (Fsp3) is 0.455. The molecule has 0 aliphatic carbocycles. The highest BCUT2D eigenvalue weighted by molar-refractivity contribution is 7.99. The lowest BCUT2D eigenvalue weighted by Crippen LogP contribution is -2.46. The summed E-state index contributed by atoms with van der Waals surface area (Å²) >= 11 is 1.58. The van der Waals surface area contributed by atoms with E-state index in [-0.39, 0.29) is 18.3 Å². The summed E-state index contributed by atoms with van der Waals surface area (Å²) in [4.78, 5) is 20.2. The van der Waals surface area contributed by atoms with E-state index in [1.165, 1.54) is 12.1 Å². The molecule has 0 spiro atoms. The fourth-order valence-electron chi connectivity index (χ4n) is 4.20. The summed E-state index contributed by atoms with van der Waals surface area (Å²) in [7, 11) is 0. The number of nitrogens with one attached hydrogen (secondary N) is 1. The van der Waals surface area contributed by atoms with Gasteiger partial charge in [0.05, 0.1) is 30.9 Å². The summed E-state index contributed by atoms with van der Waals surface area (Å²) in [6.45, 7) is 5.78. The third kappa shape index (κ3) is 4.26. The third-order valence-corrected chi connectivity index (χ3v) is 6.38. The van der Waals surface area contributed by atoms with Crippen molar-refractivity contribution in [2.45, 2.75) is 50.3 Å². The molecule has 1 aromatic carbocycles. The summed E-state index contributed by atoms with van der Waals surface area (Å²) in [6.07, 6.45) is 2.25. The normalized spacial score (nSPS) is 20.7. The van der Waals surface area contributed by atoms with Gasteiger partial charge < -0.3 is 15.0 Å². The number of aromatic nitrogens is 1. The molecule has 1 aromatic heterocycles. The van der Waals surface area contributed by atoms with Crippen molar-refractivity contribution < 1.29 is 13.9 Å². The Balaban J connectivity index is 1.58. The molecule has 0 radical (unpaired) electrons. The molecule has 0 saturated carbocycles. The molecule has 4 rings (SSSR count). The minimum atomic E-state index is -0.304. The van der Waals surface area contributed by atoms with Crippen molar-refractivity contribution in [2.75, 3.05) is 23.9 Å². The largest absolute Gasteiger partial charge is 0.377 e. The number of anilines is 1. The number of rotatable bonds is 6. The van der Waals surface area contributed by atoms with Gasteiger partial charge in [-0.3, -0.25) is 4.79 Å². The zero-order valence-electron chi connectivity index (χ0n) is 16.8. The Morgan fingerprint density at radius 3 is 2.76 bits per heavy atom. The first-order chi connectivity index (χ1) is 14.1. The number of carbonyl (C=O) groups excluding carboxylic acids is 1. The second-order valence-corrected chi connectivity index (χ2v) is 8.81. The summed E-state index contributed by atoms with van der Waals surface area (Å²) in [5.41, 5.74) is 2.25. The lowest BCUT2D eigenvalue weighted by atomic mass is 10.1. The predicted molar refractivity (Wildman–Crippen MR) is 113 cm³/mol. The zero-order valence-corrected chi connectivity index (χ0v) is 17.6. The predicted octanol–water partition coefficient (Wildman–Crippen LogP) is 3.94. The van der Waals surface area contributed by atoms with E-state index < -0.39 is 0 Å². The maximum atomic E-state index is 13.4. The molecule has 2 fully saturated rings. The Morgan fingerprint density at radius 1 is 1.31 bits per heavy atom. The molecule has 2 saturated heterocycles. The lowest BCUT2D eigenvalue weighted by Gasteiger charge is -2.36. The molecule has 7 heteroatoms. The number of hydrogen-bond donors (Lipinski definition) is 1. The highest BCUT2D eigenvalue weighted by Gasteiger charge is 2.38. The highest BCUT2D eigenvalue weighted by atomic mass is 32.2. The first kappa shape index (κ1) is 20.2. The van der Waals surface area contributed by atoms with Crippen LogP contribution in [-0.2, 0) is 11.3 Å². The number of morpholine rings is 1. The van der Waals surface area contributed by atoms with E-state index in [0.29, 0.717) is 17.6 Å². The van der Waals surface area contributed by atoms with E-state index in [0.717, 1.165) is 53.8 Å². The second kappa shape index (κ2) is 8.71. The van der Waals surface area contributed by atoms with Crippen molar-refractivity contribution in [3.63, 3.8) is 0 Å². The number of nitrogens with zero attached hydrogens (tertiary/aromatic N) is 2. The van der Waals surface area contributed by atoms with Crippen LogP contribution in [0.15, 0.2) is 35.4 Å². The lowest BCUT2D eigenvalue weighted by molar-refractivity contribution is 0.0900. The first-order valence-corrected chi connectivity index (χ1v) is 11.1. The van der Waals surface area contributed by atoms with Gasteiger partial charge in [-0.25, -0.2) is 9.37 Å². The second-order valence-electron chi connectivity index (χ2n) is 7.55. The van der Waals surface area contributed by atoms with Gasteiger partial charge in [-0.2, -0.15) is 0 Å². The van der Waals surface area contributed by atoms with E-state index >= 15 is 0 Å². The molecule has 1 amide bonds. The molecule has 1 N–H and O–H groups in total. The van der Waals surface area contributed by atoms with Crippen LogP contribution in [-0.4, -0.2) is 41.9 Å². The molecule has 154 valence electrons. The maximum absolute atomic E-state index is 13.4. The van der Waals surface area contributed by atoms with E-state index in [9.17, 15) is 9.18 Å². The van der Waals surface area contributed by atoms with Crippen molar-refractivity contribution in [1.29, 1.82) is 0 Å². The SMILES string of the molecule is CCSc1nc(N2C3CCC2COC3)cc(C)c1C(=O)NCc1cccc(F)c1. The Morgan fingerprint density at radius 2 is 2.07 bits per heavy atom. The number of pyridine rings is 1. The number of amides is 1. The molecule has 2 aliphatic heterocycles. The topological polar surface area (TPSA) is 54.5 Å². The molecule has 5 nitrogen and oxygen atoms in total. The van der Waals surface area contributed by atoms with Gasteiger partial charge in [-0.1, -0.05) is 19.1 Å². The Bertz CT molecular complexity index is 892. The van der Waals surface area contributed by atoms with Gasteiger partial charge in [0.15, 0.2) is 0 Å². The summed E-state index contributed by atoms with van der Waals surface area (Å²) in [5.74, 6) is 1.29. The molecule has 29 heavy (non-hydrogen) atoms. The van der Waals surface area contributed by atoms with Gasteiger partial charge in [0.1, 0.15) is 16.7 Å². The van der Waals surface area contributed by atoms with Gasteiger partial charge in [0, 0.05) is 6.54 Å². The van der Waals surface area contributed by atoms with Crippen LogP contribution in [0.1, 0.15) is 41.3 Å². The van der Waals surface area contributed by atoms with Crippen LogP contribution in [0, 0.1) is 12.7 Å². The van der Waals surface area contributed by atoms with Crippen LogP contribution in [0.2, 0.25) is 0 Å². The van der Waals surface area contributed by atoms with Crippen molar-refractivity contribution in [1.82, 2.24) is 10.3 Å². The summed E-state index contributed by atoms with van der Waals surface area (Å²) in [6, 6.07) is 9.03. The average Bonchev–Trinajstić information content (AvgIpc) is 2.95. The smallest absolute Gasteiger partial charge is 0.254 e. The van der Waals surface area contributed by atoms with Crippen LogP contribution in [0.5, 0.6) is 0 Å². The molecule has 2 bridgehead atoms. The van der Waals surface area contributed by atoms with Gasteiger partial charge in [0.2, 0.25) is 0 Å². The Hall–Kier alpha value is -2.12. The minimum Gasteiger partial charge on any atom is -0.377 e. The van der Waals surface area contributed by atoms with Crippen LogP contribution in [0.4, 0.5) is 10.2 Å². The number of hydrogen-bond acceptors (Lipinski definition) is 5. The van der Waals surface area contributed by atoms with E-state index in [2.05, 4.69) is 17.1 Å². The number of ether oxygens (including phenoxy) is 1. The number of thioether (sulfide) groups is 1. The molecular weight excluding hydrogens is 389 g/mol. The maximum Gasteiger partial charge on any atom is 0.254 e. The number of aryl methyl sites for hydroxylation is 1. The number of benzene rings is 1. The van der Waals surface area contributed by atoms with E-state index in [1.54, 1.807) is 23.9 Å². The summed E-state index contributed by atoms with van der Waals surface area (Å²) in [5, 5.41) is 3.67. The molecule has 2 atom stereocenters. The van der Waals surface area contributed by atoms with Crippen LogP contribution in [0.3, 0.4) is 0 Å². The molecule has 2 aromatic rings. The fourth-order valence-corrected chi connectivity index (χ4v) is 5.03. The number of fused-ring (bicyclic) bond motifs is 2. The van der Waals surface area contributed by atoms with Crippen molar-refractivity contribution in [3.05, 3.63) is 52.8 Å².